The lowest BCUT2D eigenvalue weighted by atomic mass is 9.91. The molecular formula is C12H13F2NO3S. The summed E-state index contributed by atoms with van der Waals surface area (Å²) in [5.74, 6) is -2.10. The predicted molar refractivity (Wildman–Crippen MR) is 62.8 cm³/mol. The summed E-state index contributed by atoms with van der Waals surface area (Å²) in [4.78, 5) is -0.937. The summed E-state index contributed by atoms with van der Waals surface area (Å²) in [6.45, 7) is -0.179. The van der Waals surface area contributed by atoms with Crippen LogP contribution in [0.5, 0.6) is 0 Å². The third-order valence-electron chi connectivity index (χ3n) is 3.75. The molecule has 2 aliphatic rings. The maximum absolute atomic E-state index is 13.5. The van der Waals surface area contributed by atoms with Crippen LogP contribution in [0.25, 0.3) is 0 Å². The van der Waals surface area contributed by atoms with Crippen LogP contribution >= 0.6 is 0 Å². The van der Waals surface area contributed by atoms with E-state index in [4.69, 9.17) is 0 Å². The zero-order valence-corrected chi connectivity index (χ0v) is 10.8. The van der Waals surface area contributed by atoms with Crippen molar-refractivity contribution in [2.24, 2.45) is 5.92 Å². The van der Waals surface area contributed by atoms with Crippen molar-refractivity contribution in [2.45, 2.75) is 23.3 Å². The van der Waals surface area contributed by atoms with E-state index in [0.29, 0.717) is 0 Å². The van der Waals surface area contributed by atoms with Crippen LogP contribution in [0.4, 0.5) is 8.78 Å². The lowest BCUT2D eigenvalue weighted by Gasteiger charge is -2.45. The van der Waals surface area contributed by atoms with Crippen molar-refractivity contribution < 1.29 is 22.3 Å². The normalized spacial score (nSPS) is 23.1. The Labute approximate surface area is 109 Å². The molecule has 0 radical (unpaired) electrons. The summed E-state index contributed by atoms with van der Waals surface area (Å²) in [6, 6.07) is 2.92. The summed E-state index contributed by atoms with van der Waals surface area (Å²) >= 11 is 0. The van der Waals surface area contributed by atoms with Crippen molar-refractivity contribution >= 4 is 10.0 Å². The van der Waals surface area contributed by atoms with Crippen molar-refractivity contribution in [3.05, 3.63) is 29.8 Å². The van der Waals surface area contributed by atoms with Crippen LogP contribution in [-0.4, -0.2) is 36.5 Å². The van der Waals surface area contributed by atoms with Gasteiger partial charge in [0, 0.05) is 13.1 Å². The maximum atomic E-state index is 13.5. The molecule has 1 aliphatic heterocycles. The molecular weight excluding hydrogens is 276 g/mol. The van der Waals surface area contributed by atoms with Crippen LogP contribution in [0.15, 0.2) is 23.1 Å². The molecule has 1 aliphatic carbocycles. The molecule has 0 bridgehead atoms. The third kappa shape index (κ3) is 1.96. The molecule has 0 spiro atoms. The highest BCUT2D eigenvalue weighted by Crippen LogP contribution is 2.46. The Hall–Kier alpha value is -1.05. The minimum absolute atomic E-state index is 0.0895. The number of hydrogen-bond donors (Lipinski definition) is 1. The first-order valence-corrected chi connectivity index (χ1v) is 7.45. The van der Waals surface area contributed by atoms with Gasteiger partial charge in [0.05, 0.1) is 5.60 Å². The quantitative estimate of drug-likeness (QED) is 0.907. The lowest BCUT2D eigenvalue weighted by molar-refractivity contribution is -0.0766. The highest BCUT2D eigenvalue weighted by Gasteiger charge is 2.55. The van der Waals surface area contributed by atoms with Crippen molar-refractivity contribution in [3.63, 3.8) is 0 Å². The van der Waals surface area contributed by atoms with Crippen LogP contribution in [-0.2, 0) is 10.0 Å². The molecule has 19 heavy (non-hydrogen) atoms. The fourth-order valence-corrected chi connectivity index (χ4v) is 4.15. The SMILES string of the molecule is O=S(=O)(c1c(F)cccc1F)N1CC(O)(C2CC2)C1. The first-order valence-electron chi connectivity index (χ1n) is 6.01. The Morgan fingerprint density at radius 3 is 2.21 bits per heavy atom. The topological polar surface area (TPSA) is 57.6 Å². The number of hydrogen-bond acceptors (Lipinski definition) is 3. The molecule has 1 heterocycles. The highest BCUT2D eigenvalue weighted by molar-refractivity contribution is 7.89. The van der Waals surface area contributed by atoms with Gasteiger partial charge in [-0.2, -0.15) is 4.31 Å². The number of β-amino-alcohol motifs (C(OH)–C–C–N with tert-alkyl or cyclic N) is 1. The molecule has 1 N–H and O–H groups in total. The number of rotatable bonds is 3. The Bertz CT molecular complexity index is 602. The van der Waals surface area contributed by atoms with E-state index in [-0.39, 0.29) is 19.0 Å². The van der Waals surface area contributed by atoms with Crippen molar-refractivity contribution in [1.82, 2.24) is 4.31 Å². The largest absolute Gasteiger partial charge is 0.387 e. The summed E-state index contributed by atoms with van der Waals surface area (Å²) < 4.78 is 52.2. The summed E-state index contributed by atoms with van der Waals surface area (Å²) in [7, 11) is -4.22. The molecule has 0 amide bonds. The average molecular weight is 289 g/mol. The second kappa shape index (κ2) is 3.97. The van der Waals surface area contributed by atoms with Crippen LogP contribution in [0.3, 0.4) is 0 Å². The molecule has 2 fully saturated rings. The van der Waals surface area contributed by atoms with Gasteiger partial charge in [-0.05, 0) is 30.9 Å². The van der Waals surface area contributed by atoms with Crippen molar-refractivity contribution in [1.29, 1.82) is 0 Å². The van der Waals surface area contributed by atoms with E-state index in [1.54, 1.807) is 0 Å². The van der Waals surface area contributed by atoms with Crippen molar-refractivity contribution in [3.8, 4) is 0 Å². The second-order valence-electron chi connectivity index (χ2n) is 5.20. The predicted octanol–water partition coefficient (Wildman–Crippen LogP) is 1.11. The summed E-state index contributed by atoms with van der Waals surface area (Å²) in [5.41, 5.74) is -1.02. The zero-order chi connectivity index (χ0) is 13.8. The van der Waals surface area contributed by atoms with E-state index in [1.165, 1.54) is 0 Å². The fraction of sp³-hybridized carbons (Fsp3) is 0.500. The first kappa shape index (κ1) is 13.0. The summed E-state index contributed by atoms with van der Waals surface area (Å²) in [6.07, 6.45) is 1.75. The molecule has 104 valence electrons. The second-order valence-corrected chi connectivity index (χ2v) is 7.08. The zero-order valence-electron chi connectivity index (χ0n) is 10.0. The van der Waals surface area contributed by atoms with Gasteiger partial charge < -0.3 is 5.11 Å². The molecule has 7 heteroatoms. The molecule has 1 saturated heterocycles. The van der Waals surface area contributed by atoms with Gasteiger partial charge in [0.15, 0.2) is 4.90 Å². The van der Waals surface area contributed by atoms with Gasteiger partial charge in [0.25, 0.3) is 0 Å². The van der Waals surface area contributed by atoms with E-state index in [9.17, 15) is 22.3 Å². The Morgan fingerprint density at radius 2 is 1.74 bits per heavy atom. The van der Waals surface area contributed by atoms with Crippen LogP contribution in [0, 0.1) is 17.6 Å². The lowest BCUT2D eigenvalue weighted by Crippen LogP contribution is -2.64. The molecule has 0 unspecified atom stereocenters. The van der Waals surface area contributed by atoms with Gasteiger partial charge in [-0.1, -0.05) is 6.07 Å². The van der Waals surface area contributed by atoms with Gasteiger partial charge in [0.2, 0.25) is 10.0 Å². The highest BCUT2D eigenvalue weighted by atomic mass is 32.2. The maximum Gasteiger partial charge on any atom is 0.249 e. The smallest absolute Gasteiger partial charge is 0.249 e. The molecule has 1 aromatic rings. The summed E-state index contributed by atoms with van der Waals surface area (Å²) in [5, 5.41) is 10.1. The van der Waals surface area contributed by atoms with E-state index >= 15 is 0 Å². The fourth-order valence-electron chi connectivity index (χ4n) is 2.47. The standard InChI is InChI=1S/C12H13F2NO3S/c13-9-2-1-3-10(14)11(9)19(17,18)15-6-12(16,7-15)8-4-5-8/h1-3,8,16H,4-7H2. The van der Waals surface area contributed by atoms with E-state index in [2.05, 4.69) is 0 Å². The number of sulfonamides is 1. The molecule has 3 rings (SSSR count). The van der Waals surface area contributed by atoms with Gasteiger partial charge in [-0.3, -0.25) is 0 Å². The molecule has 1 aromatic carbocycles. The molecule has 1 saturated carbocycles. The van der Waals surface area contributed by atoms with Crippen LogP contribution in [0.1, 0.15) is 12.8 Å². The average Bonchev–Trinajstić information content (AvgIpc) is 3.07. The van der Waals surface area contributed by atoms with E-state index < -0.39 is 32.2 Å². The number of benzene rings is 1. The van der Waals surface area contributed by atoms with E-state index in [1.807, 2.05) is 0 Å². The van der Waals surface area contributed by atoms with Gasteiger partial charge >= 0.3 is 0 Å². The Morgan fingerprint density at radius 1 is 1.21 bits per heavy atom. The monoisotopic (exact) mass is 289 g/mol. The minimum Gasteiger partial charge on any atom is -0.387 e. The molecule has 0 aromatic heterocycles. The number of halogens is 2. The van der Waals surface area contributed by atoms with Crippen molar-refractivity contribution in [2.75, 3.05) is 13.1 Å². The number of nitrogens with zero attached hydrogens (tertiary/aromatic N) is 1. The van der Waals surface area contributed by atoms with Crippen LogP contribution < -0.4 is 0 Å². The number of aliphatic hydroxyl groups is 1. The first-order chi connectivity index (χ1) is 8.84. The minimum atomic E-state index is -4.22. The Kier molecular flexibility index (Phi) is 2.71. The molecule has 4 nitrogen and oxygen atoms in total. The Balaban J connectivity index is 1.88. The molecule has 0 atom stereocenters. The van der Waals surface area contributed by atoms with Gasteiger partial charge in [-0.15, -0.1) is 0 Å². The van der Waals surface area contributed by atoms with Gasteiger partial charge in [0.1, 0.15) is 11.6 Å². The van der Waals surface area contributed by atoms with E-state index in [0.717, 1.165) is 35.3 Å². The van der Waals surface area contributed by atoms with Gasteiger partial charge in [-0.25, -0.2) is 17.2 Å². The third-order valence-corrected chi connectivity index (χ3v) is 5.60. The van der Waals surface area contributed by atoms with Crippen LogP contribution in [0.2, 0.25) is 0 Å².